The molecule has 1 aromatic carbocycles. The Labute approximate surface area is 145 Å². The lowest BCUT2D eigenvalue weighted by molar-refractivity contribution is 0.0977. The fourth-order valence-electron chi connectivity index (χ4n) is 1.81. The molecule has 0 spiro atoms. The van der Waals surface area contributed by atoms with Crippen LogP contribution in [-0.2, 0) is 0 Å². The summed E-state index contributed by atoms with van der Waals surface area (Å²) in [6, 6.07) is 9.09. The number of benzene rings is 1. The molecular weight excluding hydrogens is 298 g/mol. The summed E-state index contributed by atoms with van der Waals surface area (Å²) in [5.41, 5.74) is 2.27. The van der Waals surface area contributed by atoms with Gasteiger partial charge >= 0.3 is 0 Å². The largest absolute Gasteiger partial charge is 0.305 e. The Kier molecular flexibility index (Phi) is 8.41. The van der Waals surface area contributed by atoms with Gasteiger partial charge in [0.15, 0.2) is 5.84 Å². The Bertz CT molecular complexity index is 649. The minimum Gasteiger partial charge on any atom is -0.305 e. The molecule has 1 rings (SSSR count). The molecule has 24 heavy (non-hydrogen) atoms. The van der Waals surface area contributed by atoms with Gasteiger partial charge in [0.05, 0.1) is 0 Å². The fraction of sp³-hybridized carbons (Fsp3) is 0.350. The molecule has 0 heterocycles. The van der Waals surface area contributed by atoms with Crippen LogP contribution in [0, 0.1) is 5.92 Å². The van der Waals surface area contributed by atoms with Gasteiger partial charge in [-0.05, 0) is 43.9 Å². The summed E-state index contributed by atoms with van der Waals surface area (Å²) in [5.74, 6) is 0.583. The summed E-state index contributed by atoms with van der Waals surface area (Å²) in [5, 5.41) is 2.89. The van der Waals surface area contributed by atoms with Crippen molar-refractivity contribution in [3.63, 3.8) is 0 Å². The van der Waals surface area contributed by atoms with Gasteiger partial charge in [-0.2, -0.15) is 0 Å². The summed E-state index contributed by atoms with van der Waals surface area (Å²) in [6.45, 7) is 10.1. The average Bonchev–Trinajstić information content (AvgIpc) is 2.55. The molecule has 4 heteroatoms. The predicted molar refractivity (Wildman–Crippen MR) is 102 cm³/mol. The van der Waals surface area contributed by atoms with E-state index in [0.29, 0.717) is 23.0 Å². The van der Waals surface area contributed by atoms with Crippen LogP contribution in [0.15, 0.2) is 63.9 Å². The van der Waals surface area contributed by atoms with Crippen LogP contribution < -0.4 is 5.32 Å². The van der Waals surface area contributed by atoms with E-state index in [9.17, 15) is 4.79 Å². The predicted octanol–water partition coefficient (Wildman–Crippen LogP) is 4.76. The topological polar surface area (TPSA) is 53.8 Å². The van der Waals surface area contributed by atoms with Crippen LogP contribution in [-0.4, -0.2) is 18.0 Å². The van der Waals surface area contributed by atoms with E-state index in [1.54, 1.807) is 18.3 Å². The lowest BCUT2D eigenvalue weighted by Crippen LogP contribution is -2.32. The monoisotopic (exact) mass is 325 g/mol. The number of hydrogen-bond acceptors (Lipinski definition) is 3. The van der Waals surface area contributed by atoms with Gasteiger partial charge in [0.25, 0.3) is 5.91 Å². The van der Waals surface area contributed by atoms with E-state index in [1.165, 1.54) is 0 Å². The van der Waals surface area contributed by atoms with E-state index in [0.717, 1.165) is 12.0 Å². The Morgan fingerprint density at radius 3 is 2.42 bits per heavy atom. The Morgan fingerprint density at radius 1 is 1.21 bits per heavy atom. The second-order valence-corrected chi connectivity index (χ2v) is 5.96. The van der Waals surface area contributed by atoms with Crippen molar-refractivity contribution < 1.29 is 4.79 Å². The van der Waals surface area contributed by atoms with Crippen molar-refractivity contribution in [2.24, 2.45) is 15.9 Å². The number of carbonyl (C=O) groups excluding carboxylic acids is 1. The summed E-state index contributed by atoms with van der Waals surface area (Å²) in [7, 11) is 0. The zero-order valence-corrected chi connectivity index (χ0v) is 15.2. The summed E-state index contributed by atoms with van der Waals surface area (Å²) in [6.07, 6.45) is 6.37. The van der Waals surface area contributed by atoms with Crippen molar-refractivity contribution in [3.8, 4) is 0 Å². The van der Waals surface area contributed by atoms with E-state index >= 15 is 0 Å². The number of carbonyl (C=O) groups is 1. The van der Waals surface area contributed by atoms with Crippen molar-refractivity contribution in [2.75, 3.05) is 0 Å². The molecule has 1 aromatic rings. The first kappa shape index (κ1) is 19.6. The number of amidine groups is 1. The smallest absolute Gasteiger partial charge is 0.256 e. The van der Waals surface area contributed by atoms with Gasteiger partial charge in [-0.3, -0.25) is 9.79 Å². The van der Waals surface area contributed by atoms with Crippen LogP contribution in [0.3, 0.4) is 0 Å². The molecule has 0 aliphatic rings. The molecule has 0 bridgehead atoms. The highest BCUT2D eigenvalue weighted by atomic mass is 16.1. The molecule has 0 aromatic heterocycles. The Hall–Kier alpha value is -2.49. The molecule has 1 N–H and O–H groups in total. The molecule has 0 radical (unpaired) electrons. The highest BCUT2D eigenvalue weighted by molar-refractivity contribution is 6.13. The normalized spacial score (nSPS) is 12.2. The SMILES string of the molecule is CC/C=C/N=C(NC(=O)c1ccccc1)C(N=CC(C)C)=C(C)C. The number of rotatable bonds is 6. The fourth-order valence-corrected chi connectivity index (χ4v) is 1.81. The van der Waals surface area contributed by atoms with Gasteiger partial charge in [0, 0.05) is 18.0 Å². The van der Waals surface area contributed by atoms with E-state index in [-0.39, 0.29) is 5.91 Å². The molecule has 0 aliphatic heterocycles. The van der Waals surface area contributed by atoms with E-state index in [4.69, 9.17) is 0 Å². The number of amides is 1. The zero-order valence-electron chi connectivity index (χ0n) is 15.2. The van der Waals surface area contributed by atoms with Crippen LogP contribution >= 0.6 is 0 Å². The first-order valence-electron chi connectivity index (χ1n) is 8.27. The van der Waals surface area contributed by atoms with Crippen LogP contribution in [0.5, 0.6) is 0 Å². The highest BCUT2D eigenvalue weighted by Gasteiger charge is 2.13. The molecular formula is C20H27N3O. The zero-order chi connectivity index (χ0) is 17.9. The highest BCUT2D eigenvalue weighted by Crippen LogP contribution is 2.09. The van der Waals surface area contributed by atoms with Crippen molar-refractivity contribution in [3.05, 3.63) is 59.4 Å². The van der Waals surface area contributed by atoms with Gasteiger partial charge in [-0.25, -0.2) is 4.99 Å². The molecule has 4 nitrogen and oxygen atoms in total. The molecule has 0 saturated heterocycles. The third kappa shape index (κ3) is 6.73. The van der Waals surface area contributed by atoms with Crippen LogP contribution in [0.1, 0.15) is 51.4 Å². The quantitative estimate of drug-likeness (QED) is 0.595. The summed E-state index contributed by atoms with van der Waals surface area (Å²) in [4.78, 5) is 21.4. The number of allylic oxidation sites excluding steroid dienone is 2. The standard InChI is InChI=1S/C20H27N3O/c1-6-7-13-21-19(18(16(4)5)22-14-15(2)3)23-20(24)17-11-9-8-10-12-17/h7-15H,6H2,1-5H3,(H,21,23,24)/b13-7+,22-14?. The van der Waals surface area contributed by atoms with Crippen molar-refractivity contribution >= 4 is 18.0 Å². The molecule has 0 unspecified atom stereocenters. The second kappa shape index (κ2) is 10.3. The molecule has 0 aliphatic carbocycles. The van der Waals surface area contributed by atoms with Crippen LogP contribution in [0.25, 0.3) is 0 Å². The van der Waals surface area contributed by atoms with Crippen molar-refractivity contribution in [2.45, 2.75) is 41.0 Å². The Balaban J connectivity index is 3.16. The molecule has 0 saturated carbocycles. The van der Waals surface area contributed by atoms with Crippen molar-refractivity contribution in [1.29, 1.82) is 0 Å². The maximum atomic E-state index is 12.5. The lowest BCUT2D eigenvalue weighted by atomic mass is 10.2. The average molecular weight is 325 g/mol. The minimum atomic E-state index is -0.197. The Morgan fingerprint density at radius 2 is 1.88 bits per heavy atom. The lowest BCUT2D eigenvalue weighted by Gasteiger charge is -2.11. The van der Waals surface area contributed by atoms with Gasteiger partial charge in [-0.1, -0.05) is 45.0 Å². The van der Waals surface area contributed by atoms with Crippen LogP contribution in [0.4, 0.5) is 0 Å². The van der Waals surface area contributed by atoms with E-state index < -0.39 is 0 Å². The van der Waals surface area contributed by atoms with Gasteiger partial charge in [0.2, 0.25) is 0 Å². The molecule has 0 atom stereocenters. The minimum absolute atomic E-state index is 0.197. The van der Waals surface area contributed by atoms with Crippen molar-refractivity contribution in [1.82, 2.24) is 5.32 Å². The number of hydrogen-bond donors (Lipinski definition) is 1. The van der Waals surface area contributed by atoms with Gasteiger partial charge in [0.1, 0.15) is 5.70 Å². The van der Waals surface area contributed by atoms with E-state index in [2.05, 4.69) is 29.1 Å². The molecule has 0 fully saturated rings. The number of aliphatic imine (C=N–C) groups is 2. The van der Waals surface area contributed by atoms with Crippen LogP contribution in [0.2, 0.25) is 0 Å². The first-order chi connectivity index (χ1) is 11.5. The van der Waals surface area contributed by atoms with E-state index in [1.807, 2.05) is 51.3 Å². The van der Waals surface area contributed by atoms with Gasteiger partial charge < -0.3 is 5.32 Å². The molecule has 128 valence electrons. The first-order valence-corrected chi connectivity index (χ1v) is 8.27. The third-order valence-electron chi connectivity index (χ3n) is 3.01. The second-order valence-electron chi connectivity index (χ2n) is 5.96. The third-order valence-corrected chi connectivity index (χ3v) is 3.01. The maximum Gasteiger partial charge on any atom is 0.256 e. The maximum absolute atomic E-state index is 12.5. The number of nitrogens with one attached hydrogen (secondary N) is 1. The van der Waals surface area contributed by atoms with Gasteiger partial charge in [-0.15, -0.1) is 0 Å². The number of nitrogens with zero attached hydrogens (tertiary/aromatic N) is 2. The summed E-state index contributed by atoms with van der Waals surface area (Å²) >= 11 is 0. The summed E-state index contributed by atoms with van der Waals surface area (Å²) < 4.78 is 0. The molecule has 1 amide bonds.